The first-order chi connectivity index (χ1) is 14.3. The third-order valence-corrected chi connectivity index (χ3v) is 6.30. The second kappa shape index (κ2) is 10.3. The van der Waals surface area contributed by atoms with Gasteiger partial charge in [0.15, 0.2) is 0 Å². The third-order valence-electron chi connectivity index (χ3n) is 6.30. The van der Waals surface area contributed by atoms with Crippen molar-refractivity contribution in [3.63, 3.8) is 0 Å². The summed E-state index contributed by atoms with van der Waals surface area (Å²) in [6, 6.07) is 8.36. The minimum atomic E-state index is -0.171. The van der Waals surface area contributed by atoms with E-state index in [9.17, 15) is 4.79 Å². The molecule has 0 unspecified atom stereocenters. The summed E-state index contributed by atoms with van der Waals surface area (Å²) in [5, 5.41) is 5.80. The Morgan fingerprint density at radius 3 is 2.41 bits per heavy atom. The summed E-state index contributed by atoms with van der Waals surface area (Å²) >= 11 is 0. The summed E-state index contributed by atoms with van der Waals surface area (Å²) in [6.07, 6.45) is 6.65. The maximum absolute atomic E-state index is 12.1. The lowest BCUT2D eigenvalue weighted by molar-refractivity contribution is 0.0388. The molecule has 1 aromatic carbocycles. The van der Waals surface area contributed by atoms with Crippen LogP contribution in [0.1, 0.15) is 32.1 Å². The average Bonchev–Trinajstić information content (AvgIpc) is 2.70. The zero-order valence-corrected chi connectivity index (χ0v) is 17.3. The Hall–Kier alpha value is -1.83. The molecule has 0 aromatic heterocycles. The fraction of sp³-hybridized carbons (Fsp3) is 0.682. The molecule has 29 heavy (non-hydrogen) atoms. The van der Waals surface area contributed by atoms with Crippen molar-refractivity contribution in [1.29, 1.82) is 0 Å². The van der Waals surface area contributed by atoms with E-state index >= 15 is 0 Å². The summed E-state index contributed by atoms with van der Waals surface area (Å²) in [7, 11) is 0. The van der Waals surface area contributed by atoms with Gasteiger partial charge in [-0.1, -0.05) is 6.42 Å². The van der Waals surface area contributed by atoms with E-state index < -0.39 is 0 Å². The minimum absolute atomic E-state index is 0.171. The normalized spacial score (nSPS) is 22.1. The minimum Gasteiger partial charge on any atom is -0.490 e. The van der Waals surface area contributed by atoms with E-state index in [4.69, 9.17) is 9.47 Å². The Morgan fingerprint density at radius 2 is 1.76 bits per heavy atom. The van der Waals surface area contributed by atoms with Crippen molar-refractivity contribution in [3.05, 3.63) is 24.3 Å². The Bertz CT molecular complexity index is 636. The van der Waals surface area contributed by atoms with Gasteiger partial charge in [0, 0.05) is 51.0 Å². The van der Waals surface area contributed by atoms with Crippen LogP contribution in [-0.2, 0) is 4.74 Å². The van der Waals surface area contributed by atoms with Crippen molar-refractivity contribution < 1.29 is 14.3 Å². The molecule has 7 heteroatoms. The number of amides is 2. The highest BCUT2D eigenvalue weighted by Gasteiger charge is 2.29. The number of carbonyl (C=O) groups excluding carboxylic acids is 1. The maximum atomic E-state index is 12.1. The molecule has 2 amide bonds. The van der Waals surface area contributed by atoms with E-state index in [0.717, 1.165) is 76.3 Å². The van der Waals surface area contributed by atoms with E-state index in [0.29, 0.717) is 12.6 Å². The predicted octanol–water partition coefficient (Wildman–Crippen LogP) is 2.54. The van der Waals surface area contributed by atoms with Crippen LogP contribution in [0.4, 0.5) is 10.5 Å². The molecule has 0 atom stereocenters. The second-order valence-corrected chi connectivity index (χ2v) is 8.30. The zero-order valence-electron chi connectivity index (χ0n) is 17.3. The smallest absolute Gasteiger partial charge is 0.319 e. The topological polar surface area (TPSA) is 66.1 Å². The highest BCUT2D eigenvalue weighted by atomic mass is 16.5. The number of carbonyl (C=O) groups is 1. The Balaban J connectivity index is 1.14. The molecule has 3 fully saturated rings. The highest BCUT2D eigenvalue weighted by molar-refractivity contribution is 5.89. The number of piperidine rings is 1. The molecule has 3 aliphatic rings. The lowest BCUT2D eigenvalue weighted by atomic mass is 9.90. The molecular weight excluding hydrogens is 368 g/mol. The number of nitrogens with one attached hydrogen (secondary N) is 2. The van der Waals surface area contributed by atoms with Gasteiger partial charge in [0.1, 0.15) is 11.9 Å². The van der Waals surface area contributed by atoms with Crippen molar-refractivity contribution in [1.82, 2.24) is 15.1 Å². The average molecular weight is 403 g/mol. The van der Waals surface area contributed by atoms with Crippen LogP contribution in [0.2, 0.25) is 0 Å². The van der Waals surface area contributed by atoms with Gasteiger partial charge in [-0.05, 0) is 49.9 Å². The van der Waals surface area contributed by atoms with E-state index in [-0.39, 0.29) is 6.03 Å². The molecule has 4 rings (SSSR count). The number of ether oxygens (including phenoxy) is 2. The van der Waals surface area contributed by atoms with Crippen LogP contribution in [-0.4, -0.2) is 80.5 Å². The zero-order chi connectivity index (χ0) is 19.9. The van der Waals surface area contributed by atoms with Crippen LogP contribution in [0.5, 0.6) is 5.75 Å². The van der Waals surface area contributed by atoms with Gasteiger partial charge >= 0.3 is 6.03 Å². The van der Waals surface area contributed by atoms with Crippen LogP contribution in [0.15, 0.2) is 24.3 Å². The Morgan fingerprint density at radius 1 is 1.03 bits per heavy atom. The van der Waals surface area contributed by atoms with Crippen LogP contribution in [0.25, 0.3) is 0 Å². The van der Waals surface area contributed by atoms with E-state index in [1.54, 1.807) is 0 Å². The first-order valence-corrected chi connectivity index (χ1v) is 11.1. The number of nitrogens with zero attached hydrogens (tertiary/aromatic N) is 2. The molecule has 1 aliphatic carbocycles. The molecule has 0 radical (unpaired) electrons. The number of hydrogen-bond acceptors (Lipinski definition) is 5. The molecule has 0 bridgehead atoms. The summed E-state index contributed by atoms with van der Waals surface area (Å²) < 4.78 is 11.5. The quantitative estimate of drug-likeness (QED) is 0.734. The Kier molecular flexibility index (Phi) is 7.24. The lowest BCUT2D eigenvalue weighted by Gasteiger charge is -2.41. The maximum Gasteiger partial charge on any atom is 0.319 e. The van der Waals surface area contributed by atoms with Crippen molar-refractivity contribution in [2.75, 3.05) is 57.8 Å². The van der Waals surface area contributed by atoms with Crippen molar-refractivity contribution >= 4 is 11.7 Å². The van der Waals surface area contributed by atoms with E-state index in [1.807, 2.05) is 24.3 Å². The summed E-state index contributed by atoms with van der Waals surface area (Å²) in [5.41, 5.74) is 0.779. The van der Waals surface area contributed by atoms with Crippen LogP contribution in [0.3, 0.4) is 0 Å². The van der Waals surface area contributed by atoms with Crippen molar-refractivity contribution in [3.8, 4) is 5.75 Å². The van der Waals surface area contributed by atoms with Crippen LogP contribution in [0, 0.1) is 0 Å². The molecule has 7 nitrogen and oxygen atoms in total. The SMILES string of the molecule is O=C(NCCN1CCOCC1)Nc1ccc(OC2CCN(C3CCC3)CC2)cc1. The monoisotopic (exact) mass is 402 g/mol. The highest BCUT2D eigenvalue weighted by Crippen LogP contribution is 2.28. The number of anilines is 1. The second-order valence-electron chi connectivity index (χ2n) is 8.30. The predicted molar refractivity (Wildman–Crippen MR) is 114 cm³/mol. The van der Waals surface area contributed by atoms with Crippen molar-refractivity contribution in [2.24, 2.45) is 0 Å². The number of benzene rings is 1. The molecule has 1 saturated carbocycles. The number of hydrogen-bond donors (Lipinski definition) is 2. The molecule has 2 heterocycles. The molecule has 160 valence electrons. The number of urea groups is 1. The fourth-order valence-electron chi connectivity index (χ4n) is 4.25. The third kappa shape index (κ3) is 6.07. The van der Waals surface area contributed by atoms with Gasteiger partial charge < -0.3 is 25.0 Å². The number of morpholine rings is 1. The molecule has 1 aromatic rings. The fourth-order valence-corrected chi connectivity index (χ4v) is 4.25. The molecule has 2 saturated heterocycles. The van der Waals surface area contributed by atoms with Gasteiger partial charge in [-0.3, -0.25) is 4.90 Å². The van der Waals surface area contributed by atoms with Gasteiger partial charge in [0.05, 0.1) is 13.2 Å². The largest absolute Gasteiger partial charge is 0.490 e. The summed E-state index contributed by atoms with van der Waals surface area (Å²) in [6.45, 7) is 7.21. The van der Waals surface area contributed by atoms with Crippen LogP contribution < -0.4 is 15.4 Å². The van der Waals surface area contributed by atoms with Crippen LogP contribution >= 0.6 is 0 Å². The Labute approximate surface area is 173 Å². The molecular formula is C22H34N4O3. The molecule has 2 N–H and O–H groups in total. The summed E-state index contributed by atoms with van der Waals surface area (Å²) in [5.74, 6) is 0.880. The van der Waals surface area contributed by atoms with E-state index in [1.165, 1.54) is 19.3 Å². The molecule has 0 spiro atoms. The molecule has 2 aliphatic heterocycles. The van der Waals surface area contributed by atoms with Gasteiger partial charge in [0.25, 0.3) is 0 Å². The number of likely N-dealkylation sites (tertiary alicyclic amines) is 1. The van der Waals surface area contributed by atoms with Gasteiger partial charge in [-0.15, -0.1) is 0 Å². The standard InChI is InChI=1S/C22H34N4O3/c27-22(23-10-13-25-14-16-28-17-15-25)24-18-4-6-20(7-5-18)29-21-8-11-26(12-9-21)19-2-1-3-19/h4-7,19,21H,1-3,8-17H2,(H2,23,24,27). The number of rotatable bonds is 7. The van der Waals surface area contributed by atoms with Gasteiger partial charge in [-0.2, -0.15) is 0 Å². The van der Waals surface area contributed by atoms with Gasteiger partial charge in [-0.25, -0.2) is 4.79 Å². The lowest BCUT2D eigenvalue weighted by Crippen LogP contribution is -2.46. The van der Waals surface area contributed by atoms with Crippen molar-refractivity contribution in [2.45, 2.75) is 44.2 Å². The van der Waals surface area contributed by atoms with Gasteiger partial charge in [0.2, 0.25) is 0 Å². The summed E-state index contributed by atoms with van der Waals surface area (Å²) in [4.78, 5) is 17.0. The first kappa shape index (κ1) is 20.4. The van der Waals surface area contributed by atoms with E-state index in [2.05, 4.69) is 20.4 Å². The first-order valence-electron chi connectivity index (χ1n) is 11.1.